The highest BCUT2D eigenvalue weighted by molar-refractivity contribution is 14.1. The molecule has 2 aromatic carbocycles. The highest BCUT2D eigenvalue weighted by atomic mass is 127. The Morgan fingerprint density at radius 3 is 2.21 bits per heavy atom. The average molecular weight is 485 g/mol. The minimum atomic E-state index is -0.656. The number of fused-ring (bicyclic) bond motifs is 1. The summed E-state index contributed by atoms with van der Waals surface area (Å²) in [7, 11) is 0. The first-order valence-electron chi connectivity index (χ1n) is 8.78. The van der Waals surface area contributed by atoms with E-state index in [9.17, 15) is 14.7 Å². The molecule has 1 N–H and O–H groups in total. The summed E-state index contributed by atoms with van der Waals surface area (Å²) in [5, 5.41) is 10.6. The van der Waals surface area contributed by atoms with Crippen LogP contribution in [0, 0.1) is 3.57 Å². The molecule has 0 spiro atoms. The molecule has 0 saturated heterocycles. The summed E-state index contributed by atoms with van der Waals surface area (Å²) in [6, 6.07) is 18.7. The lowest BCUT2D eigenvalue weighted by atomic mass is 10.00. The van der Waals surface area contributed by atoms with Gasteiger partial charge in [0.2, 0.25) is 0 Å². The summed E-state index contributed by atoms with van der Waals surface area (Å²) in [6.45, 7) is 1.93. The van der Waals surface area contributed by atoms with Gasteiger partial charge in [0, 0.05) is 11.3 Å². The number of para-hydroxylation sites is 1. The van der Waals surface area contributed by atoms with Crippen molar-refractivity contribution >= 4 is 33.6 Å². The molecule has 0 radical (unpaired) electrons. The van der Waals surface area contributed by atoms with Gasteiger partial charge in [-0.3, -0.25) is 9.36 Å². The topological polar surface area (TPSA) is 72.4 Å². The summed E-state index contributed by atoms with van der Waals surface area (Å²) in [4.78, 5) is 25.7. The van der Waals surface area contributed by atoms with Crippen LogP contribution in [-0.2, 0) is 6.42 Å². The molecule has 2 heterocycles. The second kappa shape index (κ2) is 7.27. The zero-order chi connectivity index (χ0) is 19.8. The maximum Gasteiger partial charge on any atom is 0.353 e. The van der Waals surface area contributed by atoms with Crippen molar-refractivity contribution in [3.8, 4) is 22.7 Å². The van der Waals surface area contributed by atoms with Crippen molar-refractivity contribution in [2.24, 2.45) is 0 Å². The van der Waals surface area contributed by atoms with E-state index in [1.165, 1.54) is 0 Å². The lowest BCUT2D eigenvalue weighted by molar-refractivity contribution is 0.460. The average Bonchev–Trinajstić information content (AvgIpc) is 2.73. The Morgan fingerprint density at radius 1 is 1.00 bits per heavy atom. The smallest absolute Gasteiger partial charge is 0.353 e. The quantitative estimate of drug-likeness (QED) is 0.435. The SMILES string of the molecule is CCc1c(-c2ccccc2)n(-c2ccccc2)c(=O)c2c(O)c(I)c(=O)oc12. The molecule has 0 bridgehead atoms. The zero-order valence-corrected chi connectivity index (χ0v) is 17.1. The number of aromatic hydroxyl groups is 1. The van der Waals surface area contributed by atoms with Gasteiger partial charge in [0.05, 0.1) is 5.69 Å². The summed E-state index contributed by atoms with van der Waals surface area (Å²) < 4.78 is 7.07. The van der Waals surface area contributed by atoms with Crippen LogP contribution < -0.4 is 11.2 Å². The molecule has 6 heteroatoms. The van der Waals surface area contributed by atoms with E-state index in [2.05, 4.69) is 0 Å². The Hall–Kier alpha value is -2.87. The van der Waals surface area contributed by atoms with Gasteiger partial charge in [0.1, 0.15) is 8.96 Å². The fourth-order valence-corrected chi connectivity index (χ4v) is 3.80. The van der Waals surface area contributed by atoms with Gasteiger partial charge in [-0.05, 0) is 46.7 Å². The van der Waals surface area contributed by atoms with Gasteiger partial charge in [-0.2, -0.15) is 0 Å². The van der Waals surface area contributed by atoms with Crippen molar-refractivity contribution in [2.45, 2.75) is 13.3 Å². The summed E-state index contributed by atoms with van der Waals surface area (Å²) in [5.41, 5.74) is 1.88. The number of aromatic nitrogens is 1. The van der Waals surface area contributed by atoms with Crippen molar-refractivity contribution in [1.82, 2.24) is 4.57 Å². The molecule has 28 heavy (non-hydrogen) atoms. The van der Waals surface area contributed by atoms with E-state index in [0.29, 0.717) is 23.4 Å². The Labute approximate surface area is 174 Å². The van der Waals surface area contributed by atoms with Crippen molar-refractivity contribution < 1.29 is 9.52 Å². The molecule has 0 atom stereocenters. The first kappa shape index (κ1) is 18.5. The summed E-state index contributed by atoms with van der Waals surface area (Å²) >= 11 is 1.70. The van der Waals surface area contributed by atoms with Gasteiger partial charge in [-0.1, -0.05) is 55.5 Å². The summed E-state index contributed by atoms with van der Waals surface area (Å²) in [5.74, 6) is -0.337. The number of halogens is 1. The molecule has 0 unspecified atom stereocenters. The predicted octanol–water partition coefficient (Wildman–Crippen LogP) is 4.48. The number of pyridine rings is 1. The third kappa shape index (κ3) is 2.84. The van der Waals surface area contributed by atoms with Crippen LogP contribution in [0.1, 0.15) is 12.5 Å². The van der Waals surface area contributed by atoms with Gasteiger partial charge in [0.25, 0.3) is 5.56 Å². The fraction of sp³-hybridized carbons (Fsp3) is 0.0909. The minimum absolute atomic E-state index is 0.00340. The molecule has 0 aliphatic rings. The number of hydrogen-bond donors (Lipinski definition) is 1. The van der Waals surface area contributed by atoms with Gasteiger partial charge in [-0.25, -0.2) is 4.79 Å². The van der Waals surface area contributed by atoms with Crippen molar-refractivity contribution in [3.63, 3.8) is 0 Å². The van der Waals surface area contributed by atoms with Gasteiger partial charge in [-0.15, -0.1) is 0 Å². The van der Waals surface area contributed by atoms with Crippen molar-refractivity contribution in [2.75, 3.05) is 0 Å². The maximum absolute atomic E-state index is 13.5. The second-order valence-corrected chi connectivity index (χ2v) is 7.36. The van der Waals surface area contributed by atoms with E-state index in [1.807, 2.05) is 67.6 Å². The van der Waals surface area contributed by atoms with E-state index < -0.39 is 11.2 Å². The van der Waals surface area contributed by atoms with Crippen LogP contribution in [0.4, 0.5) is 0 Å². The Balaban J connectivity index is 2.31. The lowest BCUT2D eigenvalue weighted by Gasteiger charge is -2.19. The van der Waals surface area contributed by atoms with Gasteiger partial charge < -0.3 is 9.52 Å². The minimum Gasteiger partial charge on any atom is -0.506 e. The molecule has 5 nitrogen and oxygen atoms in total. The van der Waals surface area contributed by atoms with Crippen LogP contribution in [-0.4, -0.2) is 9.67 Å². The third-order valence-electron chi connectivity index (χ3n) is 4.66. The summed E-state index contributed by atoms with van der Waals surface area (Å²) in [6.07, 6.45) is 0.511. The molecular weight excluding hydrogens is 469 g/mol. The zero-order valence-electron chi connectivity index (χ0n) is 15.0. The standard InChI is InChI=1S/C22H16INO4/c1-2-15-18(13-9-5-3-6-10-13)24(14-11-7-4-8-12-14)21(26)16-19(25)17(23)22(27)28-20(15)16/h3-12,25H,2H2,1H3. The number of aryl methyl sites for hydroxylation is 1. The van der Waals surface area contributed by atoms with Crippen LogP contribution in [0.25, 0.3) is 27.9 Å². The first-order chi connectivity index (χ1) is 13.5. The molecule has 140 valence electrons. The van der Waals surface area contributed by atoms with Crippen LogP contribution >= 0.6 is 22.6 Å². The molecular formula is C22H16INO4. The molecule has 4 aromatic rings. The maximum atomic E-state index is 13.5. The van der Waals surface area contributed by atoms with E-state index >= 15 is 0 Å². The van der Waals surface area contributed by atoms with Crippen LogP contribution in [0.2, 0.25) is 0 Å². The number of rotatable bonds is 3. The monoisotopic (exact) mass is 485 g/mol. The fourth-order valence-electron chi connectivity index (χ4n) is 3.42. The molecule has 0 fully saturated rings. The lowest BCUT2D eigenvalue weighted by Crippen LogP contribution is -2.24. The Morgan fingerprint density at radius 2 is 1.61 bits per heavy atom. The molecule has 0 aliphatic heterocycles. The normalized spacial score (nSPS) is 11.1. The Kier molecular flexibility index (Phi) is 4.80. The number of benzene rings is 2. The van der Waals surface area contributed by atoms with Crippen LogP contribution in [0.5, 0.6) is 5.75 Å². The van der Waals surface area contributed by atoms with E-state index in [4.69, 9.17) is 4.42 Å². The number of hydrogen-bond acceptors (Lipinski definition) is 4. The van der Waals surface area contributed by atoms with Crippen LogP contribution in [0.3, 0.4) is 0 Å². The van der Waals surface area contributed by atoms with E-state index in [0.717, 1.165) is 5.56 Å². The highest BCUT2D eigenvalue weighted by Crippen LogP contribution is 2.34. The molecule has 0 saturated carbocycles. The highest BCUT2D eigenvalue weighted by Gasteiger charge is 2.24. The largest absolute Gasteiger partial charge is 0.506 e. The second-order valence-electron chi connectivity index (χ2n) is 6.28. The molecule has 4 rings (SSSR count). The van der Waals surface area contributed by atoms with E-state index in [-0.39, 0.29) is 20.3 Å². The van der Waals surface area contributed by atoms with Gasteiger partial charge >= 0.3 is 5.63 Å². The van der Waals surface area contributed by atoms with Crippen LogP contribution in [0.15, 0.2) is 74.7 Å². The van der Waals surface area contributed by atoms with E-state index in [1.54, 1.807) is 27.2 Å². The Bertz CT molecular complexity index is 1290. The third-order valence-corrected chi connectivity index (χ3v) is 5.61. The van der Waals surface area contributed by atoms with Crippen molar-refractivity contribution in [3.05, 3.63) is 90.6 Å². The molecule has 0 aliphatic carbocycles. The van der Waals surface area contributed by atoms with Crippen molar-refractivity contribution in [1.29, 1.82) is 0 Å². The molecule has 0 amide bonds. The number of nitrogens with zero attached hydrogens (tertiary/aromatic N) is 1. The van der Waals surface area contributed by atoms with Gasteiger partial charge in [0.15, 0.2) is 11.3 Å². The predicted molar refractivity (Wildman–Crippen MR) is 117 cm³/mol. The molecule has 2 aromatic heterocycles. The first-order valence-corrected chi connectivity index (χ1v) is 9.86.